The molecule has 144 valence electrons. The third-order valence-corrected chi connectivity index (χ3v) is 4.10. The van der Waals surface area contributed by atoms with Crippen LogP contribution in [0.2, 0.25) is 0 Å². The van der Waals surface area contributed by atoms with Crippen molar-refractivity contribution in [2.75, 3.05) is 13.7 Å². The molecule has 0 N–H and O–H groups in total. The van der Waals surface area contributed by atoms with E-state index in [0.29, 0.717) is 17.9 Å². The summed E-state index contributed by atoms with van der Waals surface area (Å²) in [6.07, 6.45) is 0.345. The number of ether oxygens (including phenoxy) is 4. The van der Waals surface area contributed by atoms with Gasteiger partial charge in [-0.05, 0) is 53.7 Å². The van der Waals surface area contributed by atoms with Crippen molar-refractivity contribution in [2.24, 2.45) is 0 Å². The SMILES string of the molecule is COc1cc(C#N)ccc1[C@H]1CC(OC(C)(C)C)[C@@H](COC(C)(C)C)O1. The summed E-state index contributed by atoms with van der Waals surface area (Å²) >= 11 is 0. The third kappa shape index (κ3) is 5.70. The van der Waals surface area contributed by atoms with Gasteiger partial charge in [0.15, 0.2) is 0 Å². The molecular weight excluding hydrogens is 330 g/mol. The zero-order chi connectivity index (χ0) is 19.5. The summed E-state index contributed by atoms with van der Waals surface area (Å²) < 4.78 is 24.0. The highest BCUT2D eigenvalue weighted by atomic mass is 16.6. The van der Waals surface area contributed by atoms with Gasteiger partial charge >= 0.3 is 0 Å². The zero-order valence-electron chi connectivity index (χ0n) is 17.0. The topological polar surface area (TPSA) is 60.7 Å². The highest BCUT2D eigenvalue weighted by molar-refractivity contribution is 5.44. The Morgan fingerprint density at radius 2 is 1.85 bits per heavy atom. The Morgan fingerprint density at radius 1 is 1.15 bits per heavy atom. The maximum atomic E-state index is 9.10. The van der Waals surface area contributed by atoms with Crippen molar-refractivity contribution in [3.8, 4) is 11.8 Å². The van der Waals surface area contributed by atoms with Crippen LogP contribution in [0.15, 0.2) is 18.2 Å². The molecule has 1 heterocycles. The van der Waals surface area contributed by atoms with Crippen molar-refractivity contribution < 1.29 is 18.9 Å². The quantitative estimate of drug-likeness (QED) is 0.778. The first-order chi connectivity index (χ1) is 12.0. The minimum Gasteiger partial charge on any atom is -0.496 e. The van der Waals surface area contributed by atoms with E-state index in [1.807, 2.05) is 47.6 Å². The van der Waals surface area contributed by atoms with E-state index in [9.17, 15) is 0 Å². The lowest BCUT2D eigenvalue weighted by atomic mass is 10.0. The van der Waals surface area contributed by atoms with Gasteiger partial charge in [0.05, 0.1) is 48.8 Å². The molecule has 1 aliphatic rings. The Bertz CT molecular complexity index is 651. The monoisotopic (exact) mass is 361 g/mol. The van der Waals surface area contributed by atoms with Gasteiger partial charge in [0.25, 0.3) is 0 Å². The highest BCUT2D eigenvalue weighted by Gasteiger charge is 2.40. The second kappa shape index (κ2) is 7.96. The van der Waals surface area contributed by atoms with Crippen LogP contribution in [0, 0.1) is 11.3 Å². The summed E-state index contributed by atoms with van der Waals surface area (Å²) in [5, 5.41) is 9.10. The molecule has 0 radical (unpaired) electrons. The lowest BCUT2D eigenvalue weighted by Crippen LogP contribution is -2.37. The Kier molecular flexibility index (Phi) is 6.33. The van der Waals surface area contributed by atoms with Gasteiger partial charge in [-0.25, -0.2) is 0 Å². The van der Waals surface area contributed by atoms with Gasteiger partial charge < -0.3 is 18.9 Å². The Morgan fingerprint density at radius 3 is 2.38 bits per heavy atom. The van der Waals surface area contributed by atoms with Gasteiger partial charge in [-0.15, -0.1) is 0 Å². The van der Waals surface area contributed by atoms with Gasteiger partial charge in [-0.1, -0.05) is 6.07 Å². The van der Waals surface area contributed by atoms with Gasteiger partial charge in [-0.3, -0.25) is 0 Å². The number of methoxy groups -OCH3 is 1. The highest BCUT2D eigenvalue weighted by Crippen LogP contribution is 2.40. The molecule has 0 saturated carbocycles. The molecule has 26 heavy (non-hydrogen) atoms. The van der Waals surface area contributed by atoms with E-state index in [4.69, 9.17) is 24.2 Å². The van der Waals surface area contributed by atoms with E-state index in [2.05, 4.69) is 6.07 Å². The van der Waals surface area contributed by atoms with Gasteiger partial charge in [-0.2, -0.15) is 5.26 Å². The van der Waals surface area contributed by atoms with Crippen LogP contribution in [0.5, 0.6) is 5.75 Å². The standard InChI is InChI=1S/C21H31NO4/c1-20(2,3)24-13-19-18(26-21(4,5)6)11-17(25-19)15-9-8-14(12-22)10-16(15)23-7/h8-10,17-19H,11,13H2,1-7H3/t17-,18?,19-/m1/s1. The molecule has 1 saturated heterocycles. The number of nitrogens with zero attached hydrogens (tertiary/aromatic N) is 1. The van der Waals surface area contributed by atoms with Crippen LogP contribution in [0.3, 0.4) is 0 Å². The third-order valence-electron chi connectivity index (χ3n) is 4.10. The largest absolute Gasteiger partial charge is 0.496 e. The van der Waals surface area contributed by atoms with Crippen LogP contribution < -0.4 is 4.74 Å². The van der Waals surface area contributed by atoms with Gasteiger partial charge in [0.1, 0.15) is 11.9 Å². The number of hydrogen-bond acceptors (Lipinski definition) is 5. The number of rotatable bonds is 5. The molecule has 1 aliphatic heterocycles. The second-order valence-electron chi connectivity index (χ2n) is 8.66. The predicted molar refractivity (Wildman–Crippen MR) is 100 cm³/mol. The van der Waals surface area contributed by atoms with Crippen LogP contribution in [-0.4, -0.2) is 37.1 Å². The van der Waals surface area contributed by atoms with E-state index in [-0.39, 0.29) is 29.5 Å². The van der Waals surface area contributed by atoms with Crippen molar-refractivity contribution >= 4 is 0 Å². The molecule has 5 nitrogen and oxygen atoms in total. The molecule has 5 heteroatoms. The van der Waals surface area contributed by atoms with Crippen molar-refractivity contribution in [1.82, 2.24) is 0 Å². The van der Waals surface area contributed by atoms with Gasteiger partial charge in [0, 0.05) is 12.0 Å². The fourth-order valence-corrected chi connectivity index (χ4v) is 3.02. The molecule has 1 unspecified atom stereocenters. The molecule has 2 rings (SSSR count). The van der Waals surface area contributed by atoms with Crippen LogP contribution in [-0.2, 0) is 14.2 Å². The van der Waals surface area contributed by atoms with Crippen LogP contribution in [0.1, 0.15) is 65.2 Å². The Balaban J connectivity index is 2.22. The smallest absolute Gasteiger partial charge is 0.125 e. The van der Waals surface area contributed by atoms with E-state index in [1.165, 1.54) is 0 Å². The van der Waals surface area contributed by atoms with Gasteiger partial charge in [0.2, 0.25) is 0 Å². The lowest BCUT2D eigenvalue weighted by molar-refractivity contribution is -0.128. The van der Waals surface area contributed by atoms with E-state index in [0.717, 1.165) is 12.0 Å². The van der Waals surface area contributed by atoms with E-state index < -0.39 is 0 Å². The van der Waals surface area contributed by atoms with E-state index >= 15 is 0 Å². The Hall–Kier alpha value is -1.61. The first-order valence-corrected chi connectivity index (χ1v) is 9.07. The fraction of sp³-hybridized carbons (Fsp3) is 0.667. The Labute approximate surface area is 157 Å². The number of hydrogen-bond donors (Lipinski definition) is 0. The predicted octanol–water partition coefficient (Wildman–Crippen LogP) is 4.40. The summed E-state index contributed by atoms with van der Waals surface area (Å²) in [7, 11) is 1.61. The van der Waals surface area contributed by atoms with Crippen molar-refractivity contribution in [3.05, 3.63) is 29.3 Å². The molecule has 1 aromatic carbocycles. The maximum absolute atomic E-state index is 9.10. The molecule has 3 atom stereocenters. The van der Waals surface area contributed by atoms with Crippen LogP contribution in [0.4, 0.5) is 0 Å². The first kappa shape index (κ1) is 20.7. The lowest BCUT2D eigenvalue weighted by Gasteiger charge is -2.29. The molecule has 0 amide bonds. The summed E-state index contributed by atoms with van der Waals surface area (Å²) in [6.45, 7) is 12.7. The zero-order valence-corrected chi connectivity index (χ0v) is 17.0. The summed E-state index contributed by atoms with van der Waals surface area (Å²) in [4.78, 5) is 0. The average molecular weight is 361 g/mol. The maximum Gasteiger partial charge on any atom is 0.125 e. The minimum absolute atomic E-state index is 0.0669. The molecule has 0 spiro atoms. The molecule has 0 aromatic heterocycles. The average Bonchev–Trinajstić information content (AvgIpc) is 2.92. The minimum atomic E-state index is -0.266. The van der Waals surface area contributed by atoms with Crippen molar-refractivity contribution in [1.29, 1.82) is 5.26 Å². The van der Waals surface area contributed by atoms with Crippen LogP contribution >= 0.6 is 0 Å². The second-order valence-corrected chi connectivity index (χ2v) is 8.66. The van der Waals surface area contributed by atoms with Crippen molar-refractivity contribution in [2.45, 2.75) is 77.5 Å². The number of benzene rings is 1. The number of nitriles is 1. The van der Waals surface area contributed by atoms with Crippen molar-refractivity contribution in [3.63, 3.8) is 0 Å². The molecule has 1 aromatic rings. The van der Waals surface area contributed by atoms with Crippen LogP contribution in [0.25, 0.3) is 0 Å². The molecular formula is C21H31NO4. The molecule has 1 fully saturated rings. The van der Waals surface area contributed by atoms with E-state index in [1.54, 1.807) is 19.2 Å². The summed E-state index contributed by atoms with van der Waals surface area (Å²) in [5.41, 5.74) is 1.00. The molecule has 0 bridgehead atoms. The normalized spacial score (nSPS) is 23.7. The fourth-order valence-electron chi connectivity index (χ4n) is 3.02. The molecule has 0 aliphatic carbocycles. The first-order valence-electron chi connectivity index (χ1n) is 9.07. The summed E-state index contributed by atoms with van der Waals surface area (Å²) in [5.74, 6) is 0.668. The summed E-state index contributed by atoms with van der Waals surface area (Å²) in [6, 6.07) is 7.58.